The zero-order chi connectivity index (χ0) is 48.6. The Balaban J connectivity index is 0.901. The number of para-hydroxylation sites is 2. The molecular formula is C66H39N7. The summed E-state index contributed by atoms with van der Waals surface area (Å²) >= 11 is 0. The predicted octanol–water partition coefficient (Wildman–Crippen LogP) is 16.9. The Labute approximate surface area is 419 Å². The minimum atomic E-state index is 0.621. The highest BCUT2D eigenvalue weighted by Crippen LogP contribution is 2.41. The van der Waals surface area contributed by atoms with Gasteiger partial charge in [0, 0.05) is 60.7 Å². The smallest absolute Gasteiger partial charge is 0.188 e. The molecule has 0 atom stereocenters. The van der Waals surface area contributed by atoms with Crippen molar-refractivity contribution in [2.75, 3.05) is 0 Å². The summed E-state index contributed by atoms with van der Waals surface area (Å²) in [6, 6.07) is 84.7. The molecule has 0 spiro atoms. The molecule has 14 rings (SSSR count). The molecule has 338 valence electrons. The van der Waals surface area contributed by atoms with E-state index in [1.54, 1.807) is 0 Å². The van der Waals surface area contributed by atoms with Crippen molar-refractivity contribution in [1.29, 1.82) is 5.26 Å². The molecule has 10 aromatic carbocycles. The van der Waals surface area contributed by atoms with Crippen molar-refractivity contribution in [2.45, 2.75) is 0 Å². The third kappa shape index (κ3) is 6.80. The van der Waals surface area contributed by atoms with Gasteiger partial charge in [-0.25, -0.2) is 14.8 Å². The van der Waals surface area contributed by atoms with Gasteiger partial charge in [-0.15, -0.1) is 0 Å². The molecule has 4 aromatic heterocycles. The van der Waals surface area contributed by atoms with Gasteiger partial charge in [0.25, 0.3) is 0 Å². The van der Waals surface area contributed by atoms with Crippen molar-refractivity contribution in [1.82, 2.24) is 23.7 Å². The fraction of sp³-hybridized carbons (Fsp3) is 0. The minimum Gasteiger partial charge on any atom is -0.309 e. The van der Waals surface area contributed by atoms with Gasteiger partial charge in [0.1, 0.15) is 0 Å². The van der Waals surface area contributed by atoms with Crippen molar-refractivity contribution in [2.24, 2.45) is 0 Å². The molecule has 0 saturated carbocycles. The summed E-state index contributed by atoms with van der Waals surface area (Å²) in [5.74, 6) is 0.693. The minimum absolute atomic E-state index is 0.621. The molecule has 7 nitrogen and oxygen atoms in total. The van der Waals surface area contributed by atoms with Crippen LogP contribution in [0.2, 0.25) is 0 Å². The quantitative estimate of drug-likeness (QED) is 0.150. The molecule has 0 aliphatic rings. The molecule has 0 fully saturated rings. The van der Waals surface area contributed by atoms with Gasteiger partial charge in [-0.2, -0.15) is 5.26 Å². The van der Waals surface area contributed by atoms with Gasteiger partial charge in [-0.1, -0.05) is 140 Å². The molecule has 0 radical (unpaired) electrons. The molecule has 0 aliphatic carbocycles. The fourth-order valence-corrected chi connectivity index (χ4v) is 10.9. The SMILES string of the molecule is [C-]#[N+]c1ccc2c(c1)c1ccccc1n2-c1ccc2c(c1)c1cc(-n3c4ccccc4c4cc(C#N)ccc43)ccc1n2-c1ccc(-c2ccc(-c3cc(-c4ccccc4)nc(-c4ccccc4)n3)cc2)cc1. The fourth-order valence-electron chi connectivity index (χ4n) is 10.9. The summed E-state index contributed by atoms with van der Waals surface area (Å²) < 4.78 is 7.00. The van der Waals surface area contributed by atoms with Crippen molar-refractivity contribution >= 4 is 71.1 Å². The van der Waals surface area contributed by atoms with Crippen molar-refractivity contribution in [3.05, 3.63) is 254 Å². The Bertz CT molecular complexity index is 4360. The molecule has 0 bridgehead atoms. The monoisotopic (exact) mass is 929 g/mol. The van der Waals surface area contributed by atoms with Crippen LogP contribution >= 0.6 is 0 Å². The van der Waals surface area contributed by atoms with Gasteiger partial charge in [-0.05, 0) is 114 Å². The highest BCUT2D eigenvalue weighted by atomic mass is 15.0. The Kier molecular flexibility index (Phi) is 9.50. The van der Waals surface area contributed by atoms with Crippen molar-refractivity contribution < 1.29 is 0 Å². The zero-order valence-corrected chi connectivity index (χ0v) is 39.1. The number of aromatic nitrogens is 5. The van der Waals surface area contributed by atoms with Gasteiger partial charge in [-0.3, -0.25) is 0 Å². The lowest BCUT2D eigenvalue weighted by atomic mass is 10.0. The lowest BCUT2D eigenvalue weighted by molar-refractivity contribution is 1.16. The Hall–Kier alpha value is -10.3. The standard InChI is InChI=1S/C66H39N7/c1-68-48-27-33-63-55(37-48)53-17-9-11-19-61(53)73(63)51-31-35-65-57(39-51)56-38-50(72-60-18-10-8-16-52(60)54-36-42(41-67)20-32-62(54)72)30-34-64(56)71(65)49-28-25-44(26-29-49)43-21-23-46(24-22-43)59-40-58(45-12-4-2-5-13-45)69-66(70-59)47-14-6-3-7-15-47/h2-40H. The molecule has 0 amide bonds. The predicted molar refractivity (Wildman–Crippen MR) is 298 cm³/mol. The zero-order valence-electron chi connectivity index (χ0n) is 39.1. The maximum atomic E-state index is 9.86. The van der Waals surface area contributed by atoms with Crippen LogP contribution in [0.1, 0.15) is 5.56 Å². The van der Waals surface area contributed by atoms with Crippen LogP contribution < -0.4 is 0 Å². The van der Waals surface area contributed by atoms with Gasteiger partial charge in [0.05, 0.1) is 62.7 Å². The van der Waals surface area contributed by atoms with E-state index in [2.05, 4.69) is 201 Å². The van der Waals surface area contributed by atoms with Crippen LogP contribution in [0.3, 0.4) is 0 Å². The van der Waals surface area contributed by atoms with Crippen LogP contribution in [-0.2, 0) is 0 Å². The largest absolute Gasteiger partial charge is 0.309 e. The third-order valence-corrected chi connectivity index (χ3v) is 14.3. The molecular weight excluding hydrogens is 891 g/mol. The second kappa shape index (κ2) is 16.7. The second-order valence-corrected chi connectivity index (χ2v) is 18.4. The number of rotatable bonds is 7. The van der Waals surface area contributed by atoms with Crippen LogP contribution in [0.25, 0.3) is 132 Å². The highest BCUT2D eigenvalue weighted by Gasteiger charge is 2.20. The molecule has 7 heteroatoms. The van der Waals surface area contributed by atoms with E-state index >= 15 is 0 Å². The molecule has 0 saturated heterocycles. The Morgan fingerprint density at radius 1 is 0.342 bits per heavy atom. The molecule has 14 aromatic rings. The lowest BCUT2D eigenvalue weighted by Gasteiger charge is -2.12. The average Bonchev–Trinajstić information content (AvgIpc) is 4.10. The molecule has 0 unspecified atom stereocenters. The number of nitrogens with zero attached hydrogens (tertiary/aromatic N) is 7. The van der Waals surface area contributed by atoms with Crippen LogP contribution in [0.5, 0.6) is 0 Å². The van der Waals surface area contributed by atoms with E-state index < -0.39 is 0 Å². The number of hydrogen-bond donors (Lipinski definition) is 0. The first-order valence-corrected chi connectivity index (χ1v) is 24.2. The number of benzene rings is 10. The summed E-state index contributed by atoms with van der Waals surface area (Å²) in [6.07, 6.45) is 0. The van der Waals surface area contributed by atoms with E-state index in [4.69, 9.17) is 16.5 Å². The van der Waals surface area contributed by atoms with Gasteiger partial charge < -0.3 is 13.7 Å². The van der Waals surface area contributed by atoms with Crippen LogP contribution in [0.4, 0.5) is 5.69 Å². The molecule has 4 heterocycles. The first kappa shape index (κ1) is 41.6. The van der Waals surface area contributed by atoms with Crippen LogP contribution in [0.15, 0.2) is 237 Å². The van der Waals surface area contributed by atoms with E-state index in [9.17, 15) is 5.26 Å². The number of hydrogen-bond acceptors (Lipinski definition) is 3. The third-order valence-electron chi connectivity index (χ3n) is 14.3. The Morgan fingerprint density at radius 3 is 1.32 bits per heavy atom. The normalized spacial score (nSPS) is 11.5. The van der Waals surface area contributed by atoms with Gasteiger partial charge in [0.2, 0.25) is 0 Å². The Morgan fingerprint density at radius 2 is 0.753 bits per heavy atom. The second-order valence-electron chi connectivity index (χ2n) is 18.4. The maximum absolute atomic E-state index is 9.86. The molecule has 73 heavy (non-hydrogen) atoms. The van der Waals surface area contributed by atoms with E-state index in [1.807, 2.05) is 60.7 Å². The van der Waals surface area contributed by atoms with E-state index in [0.29, 0.717) is 17.1 Å². The van der Waals surface area contributed by atoms with E-state index in [1.165, 1.54) is 0 Å². The van der Waals surface area contributed by atoms with Crippen LogP contribution in [0, 0.1) is 17.9 Å². The average molecular weight is 930 g/mol. The van der Waals surface area contributed by atoms with E-state index in [-0.39, 0.29) is 0 Å². The van der Waals surface area contributed by atoms with E-state index in [0.717, 1.165) is 122 Å². The van der Waals surface area contributed by atoms with Crippen molar-refractivity contribution in [3.63, 3.8) is 0 Å². The molecule has 0 N–H and O–H groups in total. The highest BCUT2D eigenvalue weighted by molar-refractivity contribution is 6.14. The van der Waals surface area contributed by atoms with Crippen molar-refractivity contribution in [3.8, 4) is 68.2 Å². The molecule has 0 aliphatic heterocycles. The van der Waals surface area contributed by atoms with Gasteiger partial charge in [0.15, 0.2) is 11.5 Å². The van der Waals surface area contributed by atoms with Gasteiger partial charge >= 0.3 is 0 Å². The maximum Gasteiger partial charge on any atom is 0.188 e. The first-order valence-electron chi connectivity index (χ1n) is 24.2. The first-order chi connectivity index (χ1) is 36.1. The number of fused-ring (bicyclic) bond motifs is 9. The lowest BCUT2D eigenvalue weighted by Crippen LogP contribution is -1.96. The summed E-state index contributed by atoms with van der Waals surface area (Å²) in [6.45, 7) is 7.76. The summed E-state index contributed by atoms with van der Waals surface area (Å²) in [5.41, 5.74) is 17.8. The number of nitriles is 1. The summed E-state index contributed by atoms with van der Waals surface area (Å²) in [4.78, 5) is 13.8. The van der Waals surface area contributed by atoms with Crippen LogP contribution in [-0.4, -0.2) is 23.7 Å². The summed E-state index contributed by atoms with van der Waals surface area (Å²) in [7, 11) is 0. The topological polar surface area (TPSA) is 68.7 Å². The summed E-state index contributed by atoms with van der Waals surface area (Å²) in [5, 5.41) is 16.4.